The third-order valence-corrected chi connectivity index (χ3v) is 12.0. The number of unbranched alkanes of at least 4 members (excludes halogenated alkanes) is 3. The Morgan fingerprint density at radius 3 is 1.89 bits per heavy atom. The Morgan fingerprint density at radius 2 is 1.34 bits per heavy atom. The number of hydrogen-bond donors (Lipinski definition) is 2. The van der Waals surface area contributed by atoms with E-state index in [0.717, 1.165) is 38.5 Å². The molecule has 3 atom stereocenters. The second kappa shape index (κ2) is 22.8. The highest BCUT2D eigenvalue weighted by atomic mass is 16.6. The van der Waals surface area contributed by atoms with Crippen LogP contribution in [-0.4, -0.2) is 100 Å². The molecule has 366 valence electrons. The summed E-state index contributed by atoms with van der Waals surface area (Å²) in [6.07, 6.45) is 16.3. The van der Waals surface area contributed by atoms with Crippen LogP contribution in [0.5, 0.6) is 5.75 Å². The third kappa shape index (κ3) is 17.1. The Bertz CT molecular complexity index is 1830. The molecule has 2 heterocycles. The van der Waals surface area contributed by atoms with Gasteiger partial charge >= 0.3 is 6.09 Å². The Balaban J connectivity index is 1.51. The van der Waals surface area contributed by atoms with Crippen molar-refractivity contribution in [1.82, 2.24) is 20.4 Å². The van der Waals surface area contributed by atoms with Crippen LogP contribution in [0.1, 0.15) is 185 Å². The van der Waals surface area contributed by atoms with Crippen LogP contribution < -0.4 is 15.4 Å². The minimum atomic E-state index is -0.794. The van der Waals surface area contributed by atoms with Crippen LogP contribution in [0.4, 0.5) is 4.79 Å². The van der Waals surface area contributed by atoms with Gasteiger partial charge in [-0.25, -0.2) is 4.79 Å². The van der Waals surface area contributed by atoms with Crippen molar-refractivity contribution >= 4 is 29.4 Å². The minimum Gasteiger partial charge on any atom is -0.490 e. The summed E-state index contributed by atoms with van der Waals surface area (Å²) >= 11 is 0. The number of likely N-dealkylation sites (tertiary alicyclic amines) is 2. The summed E-state index contributed by atoms with van der Waals surface area (Å²) in [5, 5.41) is 7.33. The van der Waals surface area contributed by atoms with Crippen LogP contribution in [0.15, 0.2) is 48.6 Å². The van der Waals surface area contributed by atoms with E-state index in [4.69, 9.17) is 9.47 Å². The van der Waals surface area contributed by atoms with Gasteiger partial charge in [0.15, 0.2) is 17.3 Å². The summed E-state index contributed by atoms with van der Waals surface area (Å²) in [5.41, 5.74) is -3.09. The van der Waals surface area contributed by atoms with Gasteiger partial charge in [-0.05, 0) is 130 Å². The van der Waals surface area contributed by atoms with Crippen molar-refractivity contribution in [3.8, 4) is 5.75 Å². The summed E-state index contributed by atoms with van der Waals surface area (Å²) in [4.78, 5) is 70.8. The van der Waals surface area contributed by atoms with Crippen LogP contribution in [0, 0.1) is 16.2 Å². The van der Waals surface area contributed by atoms with Gasteiger partial charge in [-0.15, -0.1) is 0 Å². The quantitative estimate of drug-likeness (QED) is 0.0913. The van der Waals surface area contributed by atoms with E-state index in [1.54, 1.807) is 21.9 Å². The zero-order valence-electron chi connectivity index (χ0n) is 43.3. The van der Waals surface area contributed by atoms with E-state index >= 15 is 0 Å². The number of ether oxygens (including phenoxy) is 2. The zero-order valence-corrected chi connectivity index (χ0v) is 43.3. The molecule has 2 saturated heterocycles. The van der Waals surface area contributed by atoms with Gasteiger partial charge in [0, 0.05) is 52.5 Å². The van der Waals surface area contributed by atoms with E-state index in [9.17, 15) is 24.0 Å². The first-order valence-electron chi connectivity index (χ1n) is 24.4. The average molecular weight is 905 g/mol. The van der Waals surface area contributed by atoms with Crippen molar-refractivity contribution < 1.29 is 33.4 Å². The zero-order chi connectivity index (χ0) is 49.1. The predicted octanol–water partition coefficient (Wildman–Crippen LogP) is 10.8. The molecule has 0 radical (unpaired) electrons. The highest BCUT2D eigenvalue weighted by Crippen LogP contribution is 2.35. The number of hydrogen-bond acceptors (Lipinski definition) is 9. The molecule has 1 unspecified atom stereocenters. The second-order valence-electron chi connectivity index (χ2n) is 23.8. The molecule has 0 saturated carbocycles. The fourth-order valence-electron chi connectivity index (χ4n) is 9.44. The van der Waals surface area contributed by atoms with Crippen LogP contribution >= 0.6 is 0 Å². The molecule has 2 amide bonds. The first-order chi connectivity index (χ1) is 29.9. The molecule has 11 nitrogen and oxygen atoms in total. The maximum Gasteiger partial charge on any atom is 0.409 e. The normalized spacial score (nSPS) is 19.8. The summed E-state index contributed by atoms with van der Waals surface area (Å²) in [5.74, 6) is 0.901. The van der Waals surface area contributed by atoms with Crippen molar-refractivity contribution in [2.24, 2.45) is 16.2 Å². The lowest BCUT2D eigenvalue weighted by Gasteiger charge is -2.43. The molecular formula is C54H88N4O7. The van der Waals surface area contributed by atoms with Gasteiger partial charge in [-0.1, -0.05) is 92.7 Å². The van der Waals surface area contributed by atoms with Gasteiger partial charge in [0.05, 0.1) is 23.7 Å². The van der Waals surface area contributed by atoms with Crippen molar-refractivity contribution in [1.29, 1.82) is 0 Å². The number of benzene rings is 1. The number of allylic oxidation sites excluding steroid dienone is 3. The van der Waals surface area contributed by atoms with Gasteiger partial charge in [0.1, 0.15) is 12.4 Å². The number of carbonyl (C=O) groups is 5. The fourth-order valence-corrected chi connectivity index (χ4v) is 9.44. The molecule has 0 aromatic heterocycles. The first-order valence-corrected chi connectivity index (χ1v) is 24.4. The van der Waals surface area contributed by atoms with Crippen molar-refractivity contribution in [3.63, 3.8) is 0 Å². The SMILES string of the molecule is CC(C)(C)NC(CCC/C=C/CCCOC(=O)N1CC[C@@](NC(C)(C)C)(C(=O)C(C)(C)C)C1)(CCC/C=C/COc1cccc(C(=O)N2CCC[C@H]2C(=O)C(C)(C)C)c1)C(=O)C(C)(C)C. The maximum absolute atomic E-state index is 14.3. The van der Waals surface area contributed by atoms with Crippen molar-refractivity contribution in [3.05, 3.63) is 54.1 Å². The fraction of sp³-hybridized carbons (Fsp3) is 0.722. The number of Topliss-reactive ketones (excluding diaryl/α,β-unsaturated/α-hetero) is 3. The van der Waals surface area contributed by atoms with Gasteiger partial charge in [-0.2, -0.15) is 0 Å². The topological polar surface area (TPSA) is 134 Å². The standard InChI is InChI=1S/C54H88N4O7/c1-48(2,3)43(59)42-30-27-34-58(42)44(60)40-28-26-29-41(38-40)64-36-24-21-19-23-32-53(55-51(10,11)12,45(61)49(4,5)6)31-22-18-16-17-20-25-37-65-47(63)57-35-33-54(39-57,56-52(13,14)15)46(62)50(7,8)9/h16-17,21,24,26,28-29,38,42,55-56H,18-20,22-23,25,27,30-37,39H2,1-15H3/b17-16+,24-21+/t42-,53?,54-/m0/s1. The molecule has 2 aliphatic heterocycles. The van der Waals surface area contributed by atoms with Crippen molar-refractivity contribution in [2.45, 2.75) is 203 Å². The Morgan fingerprint density at radius 1 is 0.738 bits per heavy atom. The molecule has 0 bridgehead atoms. The first kappa shape index (κ1) is 55.5. The van der Waals surface area contributed by atoms with E-state index < -0.39 is 27.3 Å². The van der Waals surface area contributed by atoms with Crippen LogP contribution in [0.2, 0.25) is 0 Å². The summed E-state index contributed by atoms with van der Waals surface area (Å²) < 4.78 is 11.7. The molecule has 11 heteroatoms. The van der Waals surface area contributed by atoms with E-state index in [2.05, 4.69) is 49.6 Å². The molecule has 2 aliphatic rings. The predicted molar refractivity (Wildman–Crippen MR) is 263 cm³/mol. The number of nitrogens with zero attached hydrogens (tertiary/aromatic N) is 2. The van der Waals surface area contributed by atoms with E-state index in [1.165, 1.54) is 0 Å². The summed E-state index contributed by atoms with van der Waals surface area (Å²) in [7, 11) is 0. The molecule has 1 aromatic carbocycles. The number of carbonyl (C=O) groups excluding carboxylic acids is 5. The van der Waals surface area contributed by atoms with Gasteiger partial charge in [-0.3, -0.25) is 24.5 Å². The molecule has 0 aliphatic carbocycles. The van der Waals surface area contributed by atoms with Crippen LogP contribution in [0.3, 0.4) is 0 Å². The highest BCUT2D eigenvalue weighted by Gasteiger charge is 2.51. The summed E-state index contributed by atoms with van der Waals surface area (Å²) in [6, 6.07) is 6.81. The van der Waals surface area contributed by atoms with E-state index in [1.807, 2.05) is 101 Å². The molecule has 3 rings (SSSR count). The molecule has 2 fully saturated rings. The van der Waals surface area contributed by atoms with Crippen LogP contribution in [-0.2, 0) is 19.1 Å². The van der Waals surface area contributed by atoms with Crippen molar-refractivity contribution in [2.75, 3.05) is 32.8 Å². The minimum absolute atomic E-state index is 0.0979. The monoisotopic (exact) mass is 905 g/mol. The summed E-state index contributed by atoms with van der Waals surface area (Å²) in [6.45, 7) is 32.0. The van der Waals surface area contributed by atoms with Gasteiger partial charge in [0.25, 0.3) is 5.91 Å². The average Bonchev–Trinajstić information content (AvgIpc) is 3.85. The lowest BCUT2D eigenvalue weighted by Crippen LogP contribution is -2.63. The lowest BCUT2D eigenvalue weighted by molar-refractivity contribution is -0.135. The van der Waals surface area contributed by atoms with E-state index in [-0.39, 0.29) is 46.5 Å². The highest BCUT2D eigenvalue weighted by molar-refractivity contribution is 6.00. The molecule has 65 heavy (non-hydrogen) atoms. The smallest absolute Gasteiger partial charge is 0.409 e. The third-order valence-electron chi connectivity index (χ3n) is 12.0. The maximum atomic E-state index is 14.3. The molecule has 1 aromatic rings. The number of rotatable bonds is 21. The number of ketones is 3. The largest absolute Gasteiger partial charge is 0.490 e. The Labute approximate surface area is 393 Å². The Kier molecular flexibility index (Phi) is 19.4. The molecular weight excluding hydrogens is 817 g/mol. The number of amides is 2. The lowest BCUT2D eigenvalue weighted by atomic mass is 9.72. The number of nitrogens with one attached hydrogen (secondary N) is 2. The molecule has 2 N–H and O–H groups in total. The van der Waals surface area contributed by atoms with Crippen LogP contribution in [0.25, 0.3) is 0 Å². The van der Waals surface area contributed by atoms with Gasteiger partial charge < -0.3 is 24.6 Å². The Hall–Kier alpha value is -3.83. The van der Waals surface area contributed by atoms with Gasteiger partial charge in [0.2, 0.25) is 0 Å². The second-order valence-corrected chi connectivity index (χ2v) is 23.8. The molecule has 0 spiro atoms. The van der Waals surface area contributed by atoms with E-state index in [0.29, 0.717) is 76.3 Å².